The van der Waals surface area contributed by atoms with Crippen LogP contribution in [-0.4, -0.2) is 5.91 Å². The van der Waals surface area contributed by atoms with Crippen LogP contribution < -0.4 is 10.2 Å². The zero-order valence-electron chi connectivity index (χ0n) is 16.1. The summed E-state index contributed by atoms with van der Waals surface area (Å²) >= 11 is 10.6. The number of anilines is 1. The van der Waals surface area contributed by atoms with Crippen molar-refractivity contribution in [2.45, 2.75) is 19.5 Å². The van der Waals surface area contributed by atoms with E-state index in [2.05, 4.69) is 24.9 Å². The fraction of sp³-hybridized carbons (Fsp3) is 0.130. The fourth-order valence-electron chi connectivity index (χ4n) is 3.36. The predicted octanol–water partition coefficient (Wildman–Crippen LogP) is 5.46. The average molecular weight is 436 g/mol. The van der Waals surface area contributed by atoms with Gasteiger partial charge in [0, 0.05) is 16.3 Å². The van der Waals surface area contributed by atoms with E-state index in [0.717, 1.165) is 17.7 Å². The van der Waals surface area contributed by atoms with Crippen molar-refractivity contribution in [2.24, 2.45) is 0 Å². The highest BCUT2D eigenvalue weighted by atomic mass is 35.5. The summed E-state index contributed by atoms with van der Waals surface area (Å²) in [6.45, 7) is 2.08. The van der Waals surface area contributed by atoms with Crippen LogP contribution in [0.1, 0.15) is 24.4 Å². The molecule has 0 aliphatic carbocycles. The lowest BCUT2D eigenvalue weighted by Crippen LogP contribution is -2.45. The highest BCUT2D eigenvalue weighted by molar-refractivity contribution is 7.84. The first-order valence-corrected chi connectivity index (χ1v) is 10.2. The van der Waals surface area contributed by atoms with Crippen LogP contribution in [0.15, 0.2) is 75.7 Å². The number of carbonyl (C=O) groups excluding carboxylic acids is 1. The number of rotatable bonds is 4. The third-order valence-corrected chi connectivity index (χ3v) is 5.62. The summed E-state index contributed by atoms with van der Waals surface area (Å²) in [5.74, 6) is 0.648. The van der Waals surface area contributed by atoms with Gasteiger partial charge in [-0.3, -0.25) is 4.79 Å². The molecular formula is C23H18ClN3O2S. The van der Waals surface area contributed by atoms with Crippen molar-refractivity contribution in [3.8, 4) is 17.4 Å². The zero-order chi connectivity index (χ0) is 21.3. The quantitative estimate of drug-likeness (QED) is 0.534. The van der Waals surface area contributed by atoms with Crippen molar-refractivity contribution in [3.63, 3.8) is 0 Å². The Balaban J connectivity index is 1.78. The first kappa shape index (κ1) is 20.1. The second kappa shape index (κ2) is 8.31. The number of benzene rings is 2. The molecule has 0 saturated heterocycles. The van der Waals surface area contributed by atoms with E-state index in [1.807, 2.05) is 54.6 Å². The Kier molecular flexibility index (Phi) is 5.58. The van der Waals surface area contributed by atoms with Gasteiger partial charge in [-0.05, 0) is 48.4 Å². The van der Waals surface area contributed by atoms with Gasteiger partial charge in [0.25, 0.3) is 5.91 Å². The van der Waals surface area contributed by atoms with Gasteiger partial charge in [-0.15, -0.1) is 12.6 Å². The number of nitriles is 1. The first-order chi connectivity index (χ1) is 14.5. The number of carbonyl (C=O) groups is 1. The van der Waals surface area contributed by atoms with Crippen molar-refractivity contribution in [1.29, 1.82) is 5.26 Å². The normalized spacial score (nSPS) is 16.4. The fourth-order valence-corrected chi connectivity index (χ4v) is 3.94. The van der Waals surface area contributed by atoms with Crippen LogP contribution in [0.3, 0.4) is 0 Å². The molecule has 0 fully saturated rings. The van der Waals surface area contributed by atoms with Crippen molar-refractivity contribution in [3.05, 3.63) is 87.6 Å². The van der Waals surface area contributed by atoms with E-state index in [1.54, 1.807) is 17.0 Å². The summed E-state index contributed by atoms with van der Waals surface area (Å²) in [4.78, 5) is 14.3. The molecule has 1 atom stereocenters. The van der Waals surface area contributed by atoms with Gasteiger partial charge in [-0.25, -0.2) is 0 Å². The number of furan rings is 1. The molecule has 3 aromatic rings. The Labute approximate surface area is 185 Å². The SMILES string of the molecule is CCc1ccc(N2C(S)=C(C#N)C(=O)NC2c2ccc(-c3cccc(Cl)c3)o2)cc1. The molecular weight excluding hydrogens is 418 g/mol. The Morgan fingerprint density at radius 3 is 2.63 bits per heavy atom. The number of thiol groups is 1. The molecule has 1 aliphatic heterocycles. The molecule has 1 aliphatic rings. The maximum absolute atomic E-state index is 12.5. The van der Waals surface area contributed by atoms with E-state index < -0.39 is 12.1 Å². The predicted molar refractivity (Wildman–Crippen MR) is 120 cm³/mol. The van der Waals surface area contributed by atoms with Gasteiger partial charge in [0.15, 0.2) is 6.17 Å². The molecule has 2 heterocycles. The number of nitrogens with one attached hydrogen (secondary N) is 1. The summed E-state index contributed by atoms with van der Waals surface area (Å²) in [7, 11) is 0. The molecule has 7 heteroatoms. The molecule has 1 amide bonds. The molecule has 0 spiro atoms. The minimum atomic E-state index is -0.650. The summed E-state index contributed by atoms with van der Waals surface area (Å²) in [6.07, 6.45) is 0.261. The van der Waals surface area contributed by atoms with Crippen molar-refractivity contribution in [1.82, 2.24) is 5.32 Å². The molecule has 0 bridgehead atoms. The second-order valence-electron chi connectivity index (χ2n) is 6.79. The Bertz CT molecular complexity index is 1180. The summed E-state index contributed by atoms with van der Waals surface area (Å²) in [5.41, 5.74) is 2.75. The van der Waals surface area contributed by atoms with Gasteiger partial charge in [-0.2, -0.15) is 5.26 Å². The van der Waals surface area contributed by atoms with Crippen molar-refractivity contribution < 1.29 is 9.21 Å². The van der Waals surface area contributed by atoms with Crippen LogP contribution in [0.2, 0.25) is 5.02 Å². The smallest absolute Gasteiger partial charge is 0.266 e. The molecule has 0 saturated carbocycles. The third kappa shape index (κ3) is 3.70. The number of aryl methyl sites for hydroxylation is 1. The zero-order valence-corrected chi connectivity index (χ0v) is 17.7. The van der Waals surface area contributed by atoms with Crippen LogP contribution in [0.5, 0.6) is 0 Å². The lowest BCUT2D eigenvalue weighted by molar-refractivity contribution is -0.118. The lowest BCUT2D eigenvalue weighted by atomic mass is 10.1. The van der Waals surface area contributed by atoms with E-state index >= 15 is 0 Å². The maximum atomic E-state index is 12.5. The number of amides is 1. The van der Waals surface area contributed by atoms with E-state index in [4.69, 9.17) is 16.0 Å². The largest absolute Gasteiger partial charge is 0.457 e. The molecule has 1 unspecified atom stereocenters. The standard InChI is InChI=1S/C23H18ClN3O2S/c1-2-14-6-8-17(9-7-14)27-21(26-22(28)18(13-25)23(27)30)20-11-10-19(29-20)15-4-3-5-16(24)12-15/h3-12,21,30H,2H2,1H3,(H,26,28). The maximum Gasteiger partial charge on any atom is 0.266 e. The van der Waals surface area contributed by atoms with Gasteiger partial charge in [0.2, 0.25) is 0 Å². The molecule has 2 aromatic carbocycles. The number of hydrogen-bond donors (Lipinski definition) is 2. The highest BCUT2D eigenvalue weighted by Gasteiger charge is 2.35. The second-order valence-corrected chi connectivity index (χ2v) is 7.65. The average Bonchev–Trinajstić information content (AvgIpc) is 3.24. The van der Waals surface area contributed by atoms with E-state index in [1.165, 1.54) is 5.56 Å². The molecule has 1 aromatic heterocycles. The van der Waals surface area contributed by atoms with E-state index in [-0.39, 0.29) is 10.6 Å². The van der Waals surface area contributed by atoms with Crippen LogP contribution >= 0.6 is 24.2 Å². The summed E-state index contributed by atoms with van der Waals surface area (Å²) in [5, 5.41) is 13.2. The number of halogens is 1. The van der Waals surface area contributed by atoms with Gasteiger partial charge >= 0.3 is 0 Å². The minimum Gasteiger partial charge on any atom is -0.457 e. The van der Waals surface area contributed by atoms with Gasteiger partial charge < -0.3 is 14.6 Å². The summed E-state index contributed by atoms with van der Waals surface area (Å²) < 4.78 is 6.07. The number of hydrogen-bond acceptors (Lipinski definition) is 5. The summed E-state index contributed by atoms with van der Waals surface area (Å²) in [6, 6.07) is 20.8. The van der Waals surface area contributed by atoms with Gasteiger partial charge in [-0.1, -0.05) is 42.8 Å². The Morgan fingerprint density at radius 2 is 1.97 bits per heavy atom. The van der Waals surface area contributed by atoms with Crippen LogP contribution in [0.25, 0.3) is 11.3 Å². The van der Waals surface area contributed by atoms with E-state index in [9.17, 15) is 10.1 Å². The van der Waals surface area contributed by atoms with Crippen molar-refractivity contribution >= 4 is 35.8 Å². The van der Waals surface area contributed by atoms with Crippen LogP contribution in [0.4, 0.5) is 5.69 Å². The first-order valence-electron chi connectivity index (χ1n) is 9.40. The molecule has 4 rings (SSSR count). The monoisotopic (exact) mass is 435 g/mol. The molecule has 30 heavy (non-hydrogen) atoms. The Hall–Kier alpha value is -3.14. The van der Waals surface area contributed by atoms with Crippen LogP contribution in [-0.2, 0) is 11.2 Å². The minimum absolute atomic E-state index is 0.0456. The lowest BCUT2D eigenvalue weighted by Gasteiger charge is -2.36. The van der Waals surface area contributed by atoms with Crippen LogP contribution in [0, 0.1) is 11.3 Å². The third-order valence-electron chi connectivity index (χ3n) is 4.94. The molecule has 0 radical (unpaired) electrons. The Morgan fingerprint density at radius 1 is 1.20 bits per heavy atom. The van der Waals surface area contributed by atoms with Gasteiger partial charge in [0.05, 0.1) is 5.03 Å². The van der Waals surface area contributed by atoms with Gasteiger partial charge in [0.1, 0.15) is 23.2 Å². The number of nitrogens with zero attached hydrogens (tertiary/aromatic N) is 2. The molecule has 1 N–H and O–H groups in total. The molecule has 150 valence electrons. The topological polar surface area (TPSA) is 69.3 Å². The van der Waals surface area contributed by atoms with Crippen molar-refractivity contribution in [2.75, 3.05) is 4.90 Å². The van der Waals surface area contributed by atoms with E-state index in [0.29, 0.717) is 16.5 Å². The highest BCUT2D eigenvalue weighted by Crippen LogP contribution is 2.37. The molecule has 5 nitrogen and oxygen atoms in total.